The molecule has 0 aliphatic heterocycles. The van der Waals surface area contributed by atoms with Crippen LogP contribution in [-0.2, 0) is 0 Å². The molecule has 0 nitrogen and oxygen atoms in total. The Bertz CT molecular complexity index is 76.1. The summed E-state index contributed by atoms with van der Waals surface area (Å²) in [6.07, 6.45) is 12.1. The van der Waals surface area contributed by atoms with E-state index in [1.165, 1.54) is 44.9 Å². The molecule has 0 N–H and O–H groups in total. The molecule has 0 amide bonds. The van der Waals surface area contributed by atoms with E-state index >= 15 is 0 Å². The van der Waals surface area contributed by atoms with Crippen molar-refractivity contribution in [1.29, 1.82) is 0 Å². The highest BCUT2D eigenvalue weighted by Crippen LogP contribution is 2.19. The maximum Gasteiger partial charge on any atom is -0.0417 e. The van der Waals surface area contributed by atoms with Crippen LogP contribution in [0.25, 0.3) is 0 Å². The van der Waals surface area contributed by atoms with Crippen LogP contribution < -0.4 is 0 Å². The zero-order valence-electron chi connectivity index (χ0n) is 9.10. The molecule has 12 heavy (non-hydrogen) atoms. The van der Waals surface area contributed by atoms with Gasteiger partial charge >= 0.3 is 0 Å². The highest BCUT2D eigenvalue weighted by molar-refractivity contribution is 4.63. The van der Waals surface area contributed by atoms with Gasteiger partial charge in [0.2, 0.25) is 0 Å². The molecule has 1 unspecified atom stereocenters. The Morgan fingerprint density at radius 2 is 1.83 bits per heavy atom. The van der Waals surface area contributed by atoms with E-state index in [1.807, 2.05) is 0 Å². The lowest BCUT2D eigenvalue weighted by molar-refractivity contribution is 0.415. The lowest BCUT2D eigenvalue weighted by Gasteiger charge is -2.13. The second kappa shape index (κ2) is 9.09. The van der Waals surface area contributed by atoms with Crippen molar-refractivity contribution in [2.75, 3.05) is 0 Å². The first-order chi connectivity index (χ1) is 5.85. The van der Waals surface area contributed by atoms with E-state index in [0.29, 0.717) is 0 Å². The van der Waals surface area contributed by atoms with Crippen molar-refractivity contribution < 1.29 is 0 Å². The van der Waals surface area contributed by atoms with Crippen LogP contribution in [0.2, 0.25) is 0 Å². The minimum absolute atomic E-state index is 0.993. The largest absolute Gasteiger partial charge is 0.0654 e. The van der Waals surface area contributed by atoms with Crippen LogP contribution in [0.3, 0.4) is 0 Å². The summed E-state index contributed by atoms with van der Waals surface area (Å²) < 4.78 is 0. The van der Waals surface area contributed by atoms with E-state index < -0.39 is 0 Å². The lowest BCUT2D eigenvalue weighted by atomic mass is 9.93. The Labute approximate surface area is 78.8 Å². The fourth-order valence-electron chi connectivity index (χ4n) is 1.64. The summed E-state index contributed by atoms with van der Waals surface area (Å²) in [5.74, 6) is 0.993. The van der Waals surface area contributed by atoms with Crippen LogP contribution in [0.15, 0.2) is 0 Å². The highest BCUT2D eigenvalue weighted by atomic mass is 14.1. The van der Waals surface area contributed by atoms with Gasteiger partial charge in [-0.2, -0.15) is 0 Å². The molecular formula is C12H25. The monoisotopic (exact) mass is 169 g/mol. The van der Waals surface area contributed by atoms with Gasteiger partial charge in [-0.25, -0.2) is 0 Å². The van der Waals surface area contributed by atoms with Crippen LogP contribution in [0.5, 0.6) is 0 Å². The summed E-state index contributed by atoms with van der Waals surface area (Å²) in [5, 5.41) is 0. The third-order valence-electron chi connectivity index (χ3n) is 2.66. The highest BCUT2D eigenvalue weighted by Gasteiger charge is 2.04. The van der Waals surface area contributed by atoms with Crippen molar-refractivity contribution in [3.05, 3.63) is 6.42 Å². The van der Waals surface area contributed by atoms with Gasteiger partial charge < -0.3 is 0 Å². The molecule has 0 aromatic heterocycles. The molecule has 0 heteroatoms. The average molecular weight is 169 g/mol. The molecule has 1 radical (unpaired) electrons. The third kappa shape index (κ3) is 6.69. The fourth-order valence-corrected chi connectivity index (χ4v) is 1.64. The lowest BCUT2D eigenvalue weighted by Crippen LogP contribution is -1.98. The summed E-state index contributed by atoms with van der Waals surface area (Å²) in [7, 11) is 0. The van der Waals surface area contributed by atoms with Crippen LogP contribution >= 0.6 is 0 Å². The van der Waals surface area contributed by atoms with Crippen LogP contribution in [0.1, 0.15) is 65.7 Å². The molecule has 73 valence electrons. The Balaban J connectivity index is 3.26. The third-order valence-corrected chi connectivity index (χ3v) is 2.66. The average Bonchev–Trinajstić information content (AvgIpc) is 2.11. The summed E-state index contributed by atoms with van der Waals surface area (Å²) in [4.78, 5) is 0. The Kier molecular flexibility index (Phi) is 9.09. The van der Waals surface area contributed by atoms with Crippen molar-refractivity contribution in [2.45, 2.75) is 65.7 Å². The Morgan fingerprint density at radius 1 is 1.08 bits per heavy atom. The number of unbranched alkanes of at least 4 members (excludes halogenated alkanes) is 3. The van der Waals surface area contributed by atoms with Gasteiger partial charge in [0, 0.05) is 0 Å². The van der Waals surface area contributed by atoms with E-state index in [-0.39, 0.29) is 0 Å². The minimum atomic E-state index is 0.993. The summed E-state index contributed by atoms with van der Waals surface area (Å²) >= 11 is 0. The molecule has 0 bridgehead atoms. The summed E-state index contributed by atoms with van der Waals surface area (Å²) in [5.41, 5.74) is 0. The second-order valence-corrected chi connectivity index (χ2v) is 3.76. The van der Waals surface area contributed by atoms with Gasteiger partial charge in [0.05, 0.1) is 0 Å². The first-order valence-electron chi connectivity index (χ1n) is 5.62. The molecule has 0 rings (SSSR count). The first kappa shape index (κ1) is 12.0. The molecule has 0 heterocycles. The smallest absolute Gasteiger partial charge is 0.0417 e. The first-order valence-corrected chi connectivity index (χ1v) is 5.62. The van der Waals surface area contributed by atoms with Gasteiger partial charge in [0.15, 0.2) is 0 Å². The molecule has 0 aromatic rings. The van der Waals surface area contributed by atoms with Gasteiger partial charge in [-0.3, -0.25) is 0 Å². The predicted molar refractivity (Wildman–Crippen MR) is 57.1 cm³/mol. The van der Waals surface area contributed by atoms with Gasteiger partial charge in [0.1, 0.15) is 0 Å². The van der Waals surface area contributed by atoms with Crippen molar-refractivity contribution in [2.24, 2.45) is 5.92 Å². The van der Waals surface area contributed by atoms with E-state index in [0.717, 1.165) is 5.92 Å². The molecule has 0 saturated heterocycles. The van der Waals surface area contributed by atoms with E-state index in [1.54, 1.807) is 0 Å². The van der Waals surface area contributed by atoms with E-state index in [4.69, 9.17) is 0 Å². The molecular weight excluding hydrogens is 144 g/mol. The molecule has 0 saturated carbocycles. The van der Waals surface area contributed by atoms with E-state index in [2.05, 4.69) is 27.2 Å². The van der Waals surface area contributed by atoms with Gasteiger partial charge in [-0.05, 0) is 12.3 Å². The minimum Gasteiger partial charge on any atom is -0.0654 e. The zero-order valence-corrected chi connectivity index (χ0v) is 9.10. The van der Waals surface area contributed by atoms with Gasteiger partial charge in [0.25, 0.3) is 0 Å². The van der Waals surface area contributed by atoms with Gasteiger partial charge in [-0.1, -0.05) is 65.7 Å². The van der Waals surface area contributed by atoms with Crippen molar-refractivity contribution in [1.82, 2.24) is 0 Å². The number of hydrogen-bond donors (Lipinski definition) is 0. The van der Waals surface area contributed by atoms with Crippen molar-refractivity contribution >= 4 is 0 Å². The normalized spacial score (nSPS) is 13.2. The van der Waals surface area contributed by atoms with Crippen LogP contribution in [-0.4, -0.2) is 0 Å². The fraction of sp³-hybridized carbons (Fsp3) is 0.917. The Morgan fingerprint density at radius 3 is 2.33 bits per heavy atom. The van der Waals surface area contributed by atoms with Crippen LogP contribution in [0.4, 0.5) is 0 Å². The quantitative estimate of drug-likeness (QED) is 0.466. The number of rotatable bonds is 8. The van der Waals surface area contributed by atoms with Crippen molar-refractivity contribution in [3.63, 3.8) is 0 Å². The SMILES string of the molecule is C[CH]CCC(CC)CCCCC. The summed E-state index contributed by atoms with van der Waals surface area (Å²) in [6, 6.07) is 0. The maximum atomic E-state index is 2.33. The topological polar surface area (TPSA) is 0 Å². The number of hydrogen-bond acceptors (Lipinski definition) is 0. The molecule has 0 aromatic carbocycles. The standard InChI is InChI=1S/C12H25/c1-4-7-9-11-12(6-3)10-8-5-2/h5,12H,4,6-11H2,1-3H3. The zero-order chi connectivity index (χ0) is 9.23. The predicted octanol–water partition coefficient (Wildman–Crippen LogP) is 4.60. The molecule has 0 spiro atoms. The second-order valence-electron chi connectivity index (χ2n) is 3.76. The summed E-state index contributed by atoms with van der Waals surface area (Å²) in [6.45, 7) is 6.77. The molecule has 0 aliphatic carbocycles. The molecule has 1 atom stereocenters. The Hall–Kier alpha value is 0. The molecule has 0 aliphatic rings. The maximum absolute atomic E-state index is 2.33. The van der Waals surface area contributed by atoms with E-state index in [9.17, 15) is 0 Å². The van der Waals surface area contributed by atoms with Crippen LogP contribution in [0, 0.1) is 12.3 Å². The molecule has 0 fully saturated rings. The van der Waals surface area contributed by atoms with Crippen molar-refractivity contribution in [3.8, 4) is 0 Å². The van der Waals surface area contributed by atoms with Gasteiger partial charge in [-0.15, -0.1) is 0 Å².